The predicted molar refractivity (Wildman–Crippen MR) is 364 cm³/mol. The minimum Gasteiger partial charge on any atom is -0.387 e. The Labute approximate surface area is 516 Å². The summed E-state index contributed by atoms with van der Waals surface area (Å²) in [6, 6.07) is -0.848. The minimum absolute atomic E-state index is 0.0617. The van der Waals surface area contributed by atoms with Crippen LogP contribution in [0.4, 0.5) is 0 Å². The second-order valence-electron chi connectivity index (χ2n) is 25.2. The van der Waals surface area contributed by atoms with Crippen LogP contribution in [0, 0.1) is 0 Å². The number of hydrogen-bond donors (Lipinski definition) is 3. The molecule has 3 unspecified atom stereocenters. The van der Waals surface area contributed by atoms with Gasteiger partial charge in [-0.3, -0.25) is 13.8 Å². The lowest BCUT2D eigenvalue weighted by Crippen LogP contribution is -2.45. The van der Waals surface area contributed by atoms with Crippen LogP contribution in [0.15, 0.2) is 85.1 Å². The van der Waals surface area contributed by atoms with Gasteiger partial charge in [-0.1, -0.05) is 336 Å². The van der Waals surface area contributed by atoms with Gasteiger partial charge < -0.3 is 19.8 Å². The molecule has 1 amide bonds. The van der Waals surface area contributed by atoms with E-state index in [1.807, 2.05) is 27.2 Å². The largest absolute Gasteiger partial charge is 0.472 e. The van der Waals surface area contributed by atoms with E-state index in [1.165, 1.54) is 231 Å². The highest BCUT2D eigenvalue weighted by Crippen LogP contribution is 2.43. The van der Waals surface area contributed by atoms with Gasteiger partial charge in [-0.25, -0.2) is 4.57 Å². The van der Waals surface area contributed by atoms with Crippen molar-refractivity contribution < 1.29 is 32.9 Å². The van der Waals surface area contributed by atoms with Gasteiger partial charge in [-0.2, -0.15) is 0 Å². The number of unbranched alkanes of at least 4 members (excludes halogenated alkanes) is 40. The van der Waals surface area contributed by atoms with Gasteiger partial charge >= 0.3 is 7.82 Å². The van der Waals surface area contributed by atoms with Crippen molar-refractivity contribution in [1.29, 1.82) is 0 Å². The lowest BCUT2D eigenvalue weighted by atomic mass is 10.0. The Morgan fingerprint density at radius 2 is 0.723 bits per heavy atom. The van der Waals surface area contributed by atoms with Gasteiger partial charge in [0, 0.05) is 6.42 Å². The summed E-state index contributed by atoms with van der Waals surface area (Å²) < 4.78 is 23.8. The standard InChI is InChI=1S/C74H137N2O6P/c1-6-8-10-12-14-16-18-20-22-24-26-28-29-30-31-32-33-34-35-36-37-38-39-40-41-42-43-44-45-46-47-48-50-52-54-56-58-60-62-64-66-68-74(78)75-72(71-82-83(79,80)81-70-69-76(3,4)5)73(77)67-65-63-61-59-57-55-53-51-49-27-25-23-21-19-17-15-13-11-9-7-2/h8,10,14,16,20,22,26,28,30-31,33-34,65,67,72-73,77H,6-7,9,11-13,15,17-19,21,23-25,27,29,32,35-64,66,68-71H2,1-5H3,(H-,75,78,79,80)/p+1/b10-8-,16-14-,22-20-,28-26-,31-30-,34-33-,67-65+. The van der Waals surface area contributed by atoms with E-state index in [2.05, 4.69) is 92.1 Å². The molecular weight excluding hydrogens is 1040 g/mol. The van der Waals surface area contributed by atoms with Crippen LogP contribution in [0.2, 0.25) is 0 Å². The lowest BCUT2D eigenvalue weighted by molar-refractivity contribution is -0.870. The zero-order valence-electron chi connectivity index (χ0n) is 55.4. The normalized spacial score (nSPS) is 14.2. The van der Waals surface area contributed by atoms with Crippen LogP contribution in [0.3, 0.4) is 0 Å². The topological polar surface area (TPSA) is 105 Å². The van der Waals surface area contributed by atoms with E-state index in [-0.39, 0.29) is 19.1 Å². The second kappa shape index (κ2) is 64.2. The Kier molecular flexibility index (Phi) is 62.4. The molecule has 0 aliphatic rings. The molecule has 484 valence electrons. The summed E-state index contributed by atoms with van der Waals surface area (Å²) in [6.07, 6.45) is 91.6. The molecule has 83 heavy (non-hydrogen) atoms. The van der Waals surface area contributed by atoms with Crippen molar-refractivity contribution in [2.75, 3.05) is 40.9 Å². The number of quaternary nitrogens is 1. The van der Waals surface area contributed by atoms with Crippen LogP contribution in [0.5, 0.6) is 0 Å². The molecule has 8 nitrogen and oxygen atoms in total. The number of nitrogens with zero attached hydrogens (tertiary/aromatic N) is 1. The fraction of sp³-hybridized carbons (Fsp3) is 0.797. The molecule has 0 fully saturated rings. The quantitative estimate of drug-likeness (QED) is 0.0243. The van der Waals surface area contributed by atoms with Gasteiger partial charge in [0.25, 0.3) is 0 Å². The van der Waals surface area contributed by atoms with Crippen molar-refractivity contribution in [3.05, 3.63) is 85.1 Å². The summed E-state index contributed by atoms with van der Waals surface area (Å²) >= 11 is 0. The number of aliphatic hydroxyl groups excluding tert-OH is 1. The van der Waals surface area contributed by atoms with Crippen LogP contribution < -0.4 is 5.32 Å². The van der Waals surface area contributed by atoms with Gasteiger partial charge in [0.1, 0.15) is 13.2 Å². The SMILES string of the molecule is CC/C=C\C/C=C\C/C=C\C/C=C\C/C=C\C/C=C\CCCCCCCCCCCCCCCCCCCCCCCCC(=O)NC(COP(=O)(O)OCC[N+](C)(C)C)C(O)/C=C/CCCCCCCCCCCCCCCCCCCC. The van der Waals surface area contributed by atoms with Crippen LogP contribution >= 0.6 is 7.82 Å². The van der Waals surface area contributed by atoms with Crippen LogP contribution in [-0.4, -0.2) is 73.4 Å². The number of nitrogens with one attached hydrogen (secondary N) is 1. The number of carbonyl (C=O) groups is 1. The average Bonchev–Trinajstić information content (AvgIpc) is 3.49. The number of hydrogen-bond acceptors (Lipinski definition) is 5. The van der Waals surface area contributed by atoms with E-state index in [1.54, 1.807) is 6.08 Å². The number of phosphoric ester groups is 1. The first-order chi connectivity index (χ1) is 40.5. The van der Waals surface area contributed by atoms with E-state index in [4.69, 9.17) is 9.05 Å². The molecule has 0 spiro atoms. The Morgan fingerprint density at radius 3 is 1.06 bits per heavy atom. The van der Waals surface area contributed by atoms with Crippen LogP contribution in [0.25, 0.3) is 0 Å². The highest BCUT2D eigenvalue weighted by atomic mass is 31.2. The maximum atomic E-state index is 13.0. The average molecular weight is 1180 g/mol. The molecule has 0 saturated heterocycles. The number of amides is 1. The van der Waals surface area contributed by atoms with Gasteiger partial charge in [0.05, 0.1) is 39.9 Å². The van der Waals surface area contributed by atoms with Crippen LogP contribution in [-0.2, 0) is 18.4 Å². The first-order valence-electron chi connectivity index (χ1n) is 35.5. The van der Waals surface area contributed by atoms with Crippen molar-refractivity contribution in [2.45, 2.75) is 341 Å². The van der Waals surface area contributed by atoms with E-state index in [0.717, 1.165) is 77.0 Å². The fourth-order valence-electron chi connectivity index (χ4n) is 10.4. The van der Waals surface area contributed by atoms with Gasteiger partial charge in [-0.05, 0) is 70.6 Å². The number of phosphoric acid groups is 1. The Hall–Kier alpha value is -2.32. The van der Waals surface area contributed by atoms with Crippen molar-refractivity contribution in [3.8, 4) is 0 Å². The second-order valence-corrected chi connectivity index (χ2v) is 26.7. The van der Waals surface area contributed by atoms with Gasteiger partial charge in [0.15, 0.2) is 0 Å². The summed E-state index contributed by atoms with van der Waals surface area (Å²) in [5.74, 6) is -0.172. The third-order valence-electron chi connectivity index (χ3n) is 15.9. The summed E-state index contributed by atoms with van der Waals surface area (Å²) in [4.78, 5) is 23.4. The summed E-state index contributed by atoms with van der Waals surface area (Å²) in [5, 5.41) is 14.0. The van der Waals surface area contributed by atoms with E-state index in [9.17, 15) is 19.4 Å². The van der Waals surface area contributed by atoms with Crippen LogP contribution in [0.1, 0.15) is 328 Å². The predicted octanol–water partition coefficient (Wildman–Crippen LogP) is 22.7. The number of aliphatic hydroxyl groups is 1. The molecule has 0 aliphatic heterocycles. The van der Waals surface area contributed by atoms with Crippen molar-refractivity contribution >= 4 is 13.7 Å². The molecular formula is C74H138N2O6P+. The Bertz CT molecular complexity index is 1630. The molecule has 0 heterocycles. The van der Waals surface area contributed by atoms with Crippen molar-refractivity contribution in [3.63, 3.8) is 0 Å². The number of likely N-dealkylation sites (N-methyl/N-ethyl adjacent to an activating group) is 1. The number of allylic oxidation sites excluding steroid dienone is 13. The fourth-order valence-corrected chi connectivity index (χ4v) is 11.1. The van der Waals surface area contributed by atoms with E-state index >= 15 is 0 Å². The number of rotatable bonds is 65. The maximum Gasteiger partial charge on any atom is 0.472 e. The first kappa shape index (κ1) is 80.7. The molecule has 0 rings (SSSR count). The zero-order valence-corrected chi connectivity index (χ0v) is 56.3. The Balaban J connectivity index is 3.95. The third-order valence-corrected chi connectivity index (χ3v) is 16.9. The van der Waals surface area contributed by atoms with E-state index < -0.39 is 20.0 Å². The molecule has 0 aromatic carbocycles. The Morgan fingerprint density at radius 1 is 0.422 bits per heavy atom. The summed E-state index contributed by atoms with van der Waals surface area (Å²) in [5.41, 5.74) is 0. The van der Waals surface area contributed by atoms with Crippen molar-refractivity contribution in [2.24, 2.45) is 0 Å². The summed E-state index contributed by atoms with van der Waals surface area (Å²) in [7, 11) is 1.58. The first-order valence-corrected chi connectivity index (χ1v) is 37.0. The maximum absolute atomic E-state index is 13.0. The molecule has 0 aliphatic carbocycles. The van der Waals surface area contributed by atoms with Gasteiger partial charge in [0.2, 0.25) is 5.91 Å². The van der Waals surface area contributed by atoms with Gasteiger partial charge in [-0.15, -0.1) is 0 Å². The molecule has 3 atom stereocenters. The highest BCUT2D eigenvalue weighted by molar-refractivity contribution is 7.47. The minimum atomic E-state index is -4.35. The molecule has 0 aromatic rings. The van der Waals surface area contributed by atoms with Crippen molar-refractivity contribution in [1.82, 2.24) is 5.32 Å². The summed E-state index contributed by atoms with van der Waals surface area (Å²) in [6.45, 7) is 4.74. The molecule has 0 bridgehead atoms. The monoisotopic (exact) mass is 1180 g/mol. The number of carbonyl (C=O) groups excluding carboxylic acids is 1. The molecule has 3 N–H and O–H groups in total. The third kappa shape index (κ3) is 67.1. The zero-order chi connectivity index (χ0) is 60.5. The molecule has 0 aromatic heterocycles. The van der Waals surface area contributed by atoms with E-state index in [0.29, 0.717) is 17.4 Å². The smallest absolute Gasteiger partial charge is 0.387 e. The lowest BCUT2D eigenvalue weighted by Gasteiger charge is -2.25. The molecule has 0 saturated carbocycles. The molecule has 9 heteroatoms. The highest BCUT2D eigenvalue weighted by Gasteiger charge is 2.28. The molecule has 0 radical (unpaired) electrons.